The van der Waals surface area contributed by atoms with Crippen LogP contribution in [0.25, 0.3) is 0 Å². The van der Waals surface area contributed by atoms with Crippen LogP contribution < -0.4 is 0 Å². The first-order valence-electron chi connectivity index (χ1n) is 6.65. The second-order valence-corrected chi connectivity index (χ2v) is 5.19. The molecular weight excluding hydrogens is 158 g/mol. The number of nitrogens with zero attached hydrogens (tertiary/aromatic N) is 1. The predicted molar refractivity (Wildman–Crippen MR) is 56.8 cm³/mol. The summed E-state index contributed by atoms with van der Waals surface area (Å²) in [6.45, 7) is 8.52. The van der Waals surface area contributed by atoms with E-state index in [1.54, 1.807) is 0 Å². The van der Waals surface area contributed by atoms with Crippen LogP contribution in [0, 0.1) is 11.8 Å². The highest BCUT2D eigenvalue weighted by Gasteiger charge is 2.46. The molecule has 1 heteroatoms. The highest BCUT2D eigenvalue weighted by atomic mass is 15.2. The van der Waals surface area contributed by atoms with Gasteiger partial charge >= 0.3 is 0 Å². The van der Waals surface area contributed by atoms with Crippen molar-refractivity contribution < 1.29 is 2.74 Å². The number of hydrogen-bond donors (Lipinski definition) is 0. The largest absolute Gasteiger partial charge is 0.297 e. The van der Waals surface area contributed by atoms with Crippen LogP contribution in [-0.4, -0.2) is 23.5 Å². The SMILES string of the molecule is [2H]C([2H])(C(C)C)[C@@]12CCCN1C[C@@H](C)C2. The van der Waals surface area contributed by atoms with Crippen molar-refractivity contribution in [2.75, 3.05) is 13.1 Å². The molecule has 2 saturated heterocycles. The van der Waals surface area contributed by atoms with Crippen molar-refractivity contribution in [2.45, 2.75) is 51.9 Å². The van der Waals surface area contributed by atoms with Gasteiger partial charge in [-0.2, -0.15) is 0 Å². The monoisotopic (exact) mass is 183 g/mol. The third-order valence-electron chi connectivity index (χ3n) is 3.40. The van der Waals surface area contributed by atoms with Crippen LogP contribution in [0.15, 0.2) is 0 Å². The third-order valence-corrected chi connectivity index (χ3v) is 3.40. The zero-order valence-electron chi connectivity index (χ0n) is 11.1. The molecule has 0 aromatic rings. The van der Waals surface area contributed by atoms with E-state index >= 15 is 0 Å². The Bertz CT molecular complexity index is 252. The van der Waals surface area contributed by atoms with E-state index in [0.717, 1.165) is 25.9 Å². The minimum atomic E-state index is -1.03. The lowest BCUT2D eigenvalue weighted by atomic mass is 9.83. The predicted octanol–water partition coefficient (Wildman–Crippen LogP) is 2.91. The topological polar surface area (TPSA) is 3.24 Å². The molecule has 1 nitrogen and oxygen atoms in total. The Morgan fingerprint density at radius 1 is 1.62 bits per heavy atom. The Balaban J connectivity index is 2.31. The Kier molecular flexibility index (Phi) is 1.83. The van der Waals surface area contributed by atoms with Crippen LogP contribution in [-0.2, 0) is 0 Å². The molecule has 0 amide bonds. The van der Waals surface area contributed by atoms with Crippen molar-refractivity contribution in [1.82, 2.24) is 4.90 Å². The molecule has 2 aliphatic heterocycles. The van der Waals surface area contributed by atoms with E-state index in [1.807, 2.05) is 13.8 Å². The lowest BCUT2D eigenvalue weighted by Gasteiger charge is -2.33. The van der Waals surface area contributed by atoms with Crippen molar-refractivity contribution >= 4 is 0 Å². The minimum absolute atomic E-state index is 0.114. The number of rotatable bonds is 2. The standard InChI is InChI=1S/C12H23N/c1-10(2)7-12-5-4-6-13(12)9-11(3)8-12/h10-11H,4-9H2,1-3H3/t11-,12+/m0/s1/i7D2. The molecule has 0 spiro atoms. The fourth-order valence-electron chi connectivity index (χ4n) is 3.21. The van der Waals surface area contributed by atoms with Crippen molar-refractivity contribution in [1.29, 1.82) is 0 Å². The van der Waals surface area contributed by atoms with Gasteiger partial charge in [0.25, 0.3) is 0 Å². The average Bonchev–Trinajstić information content (AvgIpc) is 2.60. The van der Waals surface area contributed by atoms with E-state index < -0.39 is 6.37 Å². The quantitative estimate of drug-likeness (QED) is 0.636. The molecule has 0 radical (unpaired) electrons. The van der Waals surface area contributed by atoms with Crippen LogP contribution in [0.5, 0.6) is 0 Å². The Hall–Kier alpha value is -0.0400. The first-order valence-corrected chi connectivity index (χ1v) is 5.65. The molecule has 13 heavy (non-hydrogen) atoms. The fraction of sp³-hybridized carbons (Fsp3) is 1.00. The zero-order chi connectivity index (χ0) is 11.3. The maximum absolute atomic E-state index is 8.41. The molecule has 2 atom stereocenters. The molecule has 0 saturated carbocycles. The van der Waals surface area contributed by atoms with Gasteiger partial charge in [-0.05, 0) is 44.0 Å². The van der Waals surface area contributed by atoms with Crippen LogP contribution in [0.2, 0.25) is 0 Å². The fourth-order valence-corrected chi connectivity index (χ4v) is 3.21. The summed E-state index contributed by atoms with van der Waals surface area (Å²) in [5.41, 5.74) is -0.138. The van der Waals surface area contributed by atoms with Crippen LogP contribution in [0.3, 0.4) is 0 Å². The molecule has 0 N–H and O–H groups in total. The highest BCUT2D eigenvalue weighted by Crippen LogP contribution is 2.45. The summed E-state index contributed by atoms with van der Waals surface area (Å²) in [5.74, 6) is 0.780. The van der Waals surface area contributed by atoms with Gasteiger partial charge in [-0.1, -0.05) is 20.8 Å². The summed E-state index contributed by atoms with van der Waals surface area (Å²) in [5, 5.41) is 0. The molecule has 0 aliphatic carbocycles. The van der Waals surface area contributed by atoms with Gasteiger partial charge in [-0.25, -0.2) is 0 Å². The van der Waals surface area contributed by atoms with E-state index in [4.69, 9.17) is 2.74 Å². The van der Waals surface area contributed by atoms with Gasteiger partial charge in [0.05, 0.1) is 0 Å². The van der Waals surface area contributed by atoms with Gasteiger partial charge in [-0.3, -0.25) is 4.90 Å². The van der Waals surface area contributed by atoms with Crippen LogP contribution in [0.1, 0.15) is 49.1 Å². The first-order chi connectivity index (χ1) is 6.90. The van der Waals surface area contributed by atoms with Gasteiger partial charge in [0.15, 0.2) is 0 Å². The summed E-state index contributed by atoms with van der Waals surface area (Å²) in [7, 11) is 0. The van der Waals surface area contributed by atoms with Crippen molar-refractivity contribution in [3.63, 3.8) is 0 Å². The van der Waals surface area contributed by atoms with E-state index in [2.05, 4.69) is 11.8 Å². The summed E-state index contributed by atoms with van der Waals surface area (Å²) < 4.78 is 16.8. The van der Waals surface area contributed by atoms with Gasteiger partial charge in [-0.15, -0.1) is 0 Å². The molecule has 2 fully saturated rings. The molecule has 2 aliphatic rings. The summed E-state index contributed by atoms with van der Waals surface area (Å²) in [6.07, 6.45) is 2.26. The van der Waals surface area contributed by atoms with Crippen LogP contribution >= 0.6 is 0 Å². The molecular formula is C12H23N. The maximum atomic E-state index is 8.41. The summed E-state index contributed by atoms with van der Waals surface area (Å²) in [4.78, 5) is 2.43. The Labute approximate surface area is 85.3 Å². The van der Waals surface area contributed by atoms with E-state index in [-0.39, 0.29) is 11.5 Å². The van der Waals surface area contributed by atoms with Gasteiger partial charge in [0.2, 0.25) is 0 Å². The van der Waals surface area contributed by atoms with Crippen molar-refractivity contribution in [3.8, 4) is 0 Å². The van der Waals surface area contributed by atoms with E-state index in [0.29, 0.717) is 5.92 Å². The lowest BCUT2D eigenvalue weighted by Crippen LogP contribution is -2.39. The highest BCUT2D eigenvalue weighted by molar-refractivity contribution is 5.02. The Morgan fingerprint density at radius 2 is 2.38 bits per heavy atom. The van der Waals surface area contributed by atoms with Gasteiger partial charge < -0.3 is 0 Å². The molecule has 2 heterocycles. The summed E-state index contributed by atoms with van der Waals surface area (Å²) >= 11 is 0. The average molecular weight is 183 g/mol. The second kappa shape index (κ2) is 3.27. The number of fused-ring (bicyclic) bond motifs is 1. The Morgan fingerprint density at radius 3 is 3.08 bits per heavy atom. The molecule has 0 unspecified atom stereocenters. The van der Waals surface area contributed by atoms with Gasteiger partial charge in [0, 0.05) is 14.8 Å². The second-order valence-electron chi connectivity index (χ2n) is 5.19. The van der Waals surface area contributed by atoms with E-state index in [9.17, 15) is 0 Å². The normalized spacial score (nSPS) is 43.5. The molecule has 0 bridgehead atoms. The van der Waals surface area contributed by atoms with Gasteiger partial charge in [0.1, 0.15) is 0 Å². The van der Waals surface area contributed by atoms with Crippen molar-refractivity contribution in [2.24, 2.45) is 11.8 Å². The number of hydrogen-bond acceptors (Lipinski definition) is 1. The maximum Gasteiger partial charge on any atom is 0.0288 e. The smallest absolute Gasteiger partial charge is 0.0288 e. The van der Waals surface area contributed by atoms with E-state index in [1.165, 1.54) is 6.42 Å². The zero-order valence-corrected chi connectivity index (χ0v) is 9.14. The first kappa shape index (κ1) is 7.28. The third kappa shape index (κ3) is 1.63. The lowest BCUT2D eigenvalue weighted by molar-refractivity contribution is 0.163. The molecule has 0 aromatic heterocycles. The van der Waals surface area contributed by atoms with Crippen LogP contribution in [0.4, 0.5) is 0 Å². The van der Waals surface area contributed by atoms with Crippen molar-refractivity contribution in [3.05, 3.63) is 0 Å². The molecule has 2 rings (SSSR count). The molecule has 0 aromatic carbocycles. The summed E-state index contributed by atoms with van der Waals surface area (Å²) in [6, 6.07) is 0. The minimum Gasteiger partial charge on any atom is -0.297 e. The molecule has 76 valence electrons.